The molecule has 0 spiro atoms. The van der Waals surface area contributed by atoms with Crippen LogP contribution in [0.1, 0.15) is 40.0 Å². The summed E-state index contributed by atoms with van der Waals surface area (Å²) in [6.07, 6.45) is 4.30. The highest BCUT2D eigenvalue weighted by atomic mass is 16.5. The van der Waals surface area contributed by atoms with Crippen molar-refractivity contribution < 1.29 is 9.53 Å². The molecule has 0 aromatic rings. The Hall–Kier alpha value is -0.410. The van der Waals surface area contributed by atoms with Crippen molar-refractivity contribution in [1.29, 1.82) is 0 Å². The fraction of sp³-hybridized carbons (Fsp3) is 0.933. The molecule has 2 heterocycles. The minimum absolute atomic E-state index is 0.150. The van der Waals surface area contributed by atoms with Crippen molar-refractivity contribution in [3.05, 3.63) is 0 Å². The van der Waals surface area contributed by atoms with Crippen molar-refractivity contribution in [3.8, 4) is 0 Å². The summed E-state index contributed by atoms with van der Waals surface area (Å²) in [5.41, 5.74) is -0.150. The monoisotopic (exact) mass is 253 g/mol. The quantitative estimate of drug-likeness (QED) is 0.723. The Balaban J connectivity index is 2.03. The average molecular weight is 253 g/mol. The molecule has 2 saturated heterocycles. The summed E-state index contributed by atoms with van der Waals surface area (Å²) in [6, 6.07) is 0.598. The average Bonchev–Trinajstić information content (AvgIpc) is 2.36. The molecule has 3 unspecified atom stereocenters. The lowest BCUT2D eigenvalue weighted by Gasteiger charge is -2.45. The highest BCUT2D eigenvalue weighted by Gasteiger charge is 2.38. The minimum atomic E-state index is -0.150. The van der Waals surface area contributed by atoms with Crippen LogP contribution in [0.15, 0.2) is 0 Å². The lowest BCUT2D eigenvalue weighted by atomic mass is 9.78. The maximum atomic E-state index is 11.5. The van der Waals surface area contributed by atoms with Crippen LogP contribution in [0.25, 0.3) is 0 Å². The van der Waals surface area contributed by atoms with Crippen LogP contribution in [-0.4, -0.2) is 43.5 Å². The smallest absolute Gasteiger partial charge is 0.127 e. The zero-order chi connectivity index (χ0) is 13.2. The van der Waals surface area contributed by atoms with Gasteiger partial charge in [0, 0.05) is 37.8 Å². The maximum absolute atomic E-state index is 11.5. The largest absolute Gasteiger partial charge is 0.381 e. The van der Waals surface area contributed by atoms with Crippen LogP contribution in [0.4, 0.5) is 0 Å². The molecule has 2 aliphatic heterocycles. The number of likely N-dealkylation sites (tertiary alicyclic amines) is 1. The van der Waals surface area contributed by atoms with E-state index in [1.807, 2.05) is 0 Å². The Morgan fingerprint density at radius 3 is 2.56 bits per heavy atom. The summed E-state index contributed by atoms with van der Waals surface area (Å²) in [4.78, 5) is 14.1. The third-order valence-electron chi connectivity index (χ3n) is 4.98. The van der Waals surface area contributed by atoms with E-state index in [2.05, 4.69) is 25.7 Å². The topological polar surface area (TPSA) is 29.5 Å². The standard InChI is InChI=1S/C15H27NO2/c1-12-8-13(2)14(3)16(9-12)10-15(11-17)4-6-18-7-5-15/h11-14H,4-10H2,1-3H3. The Kier molecular flexibility index (Phi) is 4.44. The zero-order valence-electron chi connectivity index (χ0n) is 12.0. The van der Waals surface area contributed by atoms with Gasteiger partial charge >= 0.3 is 0 Å². The van der Waals surface area contributed by atoms with Gasteiger partial charge in [-0.1, -0.05) is 13.8 Å². The van der Waals surface area contributed by atoms with Crippen molar-refractivity contribution in [2.24, 2.45) is 17.3 Å². The van der Waals surface area contributed by atoms with Crippen LogP contribution in [0, 0.1) is 17.3 Å². The third-order valence-corrected chi connectivity index (χ3v) is 4.98. The second-order valence-corrected chi connectivity index (χ2v) is 6.58. The molecule has 3 heteroatoms. The number of nitrogens with zero attached hydrogens (tertiary/aromatic N) is 1. The number of carbonyl (C=O) groups excluding carboxylic acids is 1. The van der Waals surface area contributed by atoms with E-state index in [1.165, 1.54) is 12.7 Å². The molecule has 0 bridgehead atoms. The van der Waals surface area contributed by atoms with Gasteiger partial charge in [0.15, 0.2) is 0 Å². The number of hydrogen-bond donors (Lipinski definition) is 0. The summed E-state index contributed by atoms with van der Waals surface area (Å²) in [5.74, 6) is 1.48. The maximum Gasteiger partial charge on any atom is 0.127 e. The van der Waals surface area contributed by atoms with Gasteiger partial charge in [0.2, 0.25) is 0 Å². The lowest BCUT2D eigenvalue weighted by molar-refractivity contribution is -0.124. The predicted octanol–water partition coefficient (Wildman–Crippen LogP) is 2.35. The Labute approximate surface area is 111 Å². The molecule has 0 aromatic carbocycles. The third kappa shape index (κ3) is 2.94. The van der Waals surface area contributed by atoms with Gasteiger partial charge in [-0.2, -0.15) is 0 Å². The van der Waals surface area contributed by atoms with Crippen molar-refractivity contribution in [1.82, 2.24) is 4.90 Å². The van der Waals surface area contributed by atoms with E-state index in [0.717, 1.165) is 51.0 Å². The molecule has 0 amide bonds. The van der Waals surface area contributed by atoms with Gasteiger partial charge in [-0.3, -0.25) is 4.90 Å². The van der Waals surface area contributed by atoms with Gasteiger partial charge in [0.25, 0.3) is 0 Å². The number of rotatable bonds is 3. The van der Waals surface area contributed by atoms with E-state index < -0.39 is 0 Å². The van der Waals surface area contributed by atoms with Crippen LogP contribution in [-0.2, 0) is 9.53 Å². The number of piperidine rings is 1. The first-order valence-electron chi connectivity index (χ1n) is 7.34. The fourth-order valence-electron chi connectivity index (χ4n) is 3.54. The first-order chi connectivity index (χ1) is 8.56. The Morgan fingerprint density at radius 1 is 1.28 bits per heavy atom. The zero-order valence-corrected chi connectivity index (χ0v) is 12.0. The predicted molar refractivity (Wildman–Crippen MR) is 72.5 cm³/mol. The molecule has 2 rings (SSSR count). The van der Waals surface area contributed by atoms with E-state index >= 15 is 0 Å². The van der Waals surface area contributed by atoms with E-state index in [9.17, 15) is 4.79 Å². The van der Waals surface area contributed by atoms with Crippen molar-refractivity contribution in [2.45, 2.75) is 46.1 Å². The van der Waals surface area contributed by atoms with Gasteiger partial charge in [-0.05, 0) is 38.0 Å². The second kappa shape index (κ2) is 5.70. The number of ether oxygens (including phenoxy) is 1. The summed E-state index contributed by atoms with van der Waals surface area (Å²) >= 11 is 0. The molecular formula is C15H27NO2. The number of hydrogen-bond acceptors (Lipinski definition) is 3. The van der Waals surface area contributed by atoms with E-state index in [0.29, 0.717) is 6.04 Å². The molecule has 18 heavy (non-hydrogen) atoms. The molecule has 0 aromatic heterocycles. The van der Waals surface area contributed by atoms with Crippen LogP contribution in [0.3, 0.4) is 0 Å². The fourth-order valence-corrected chi connectivity index (χ4v) is 3.54. The van der Waals surface area contributed by atoms with Crippen LogP contribution in [0.5, 0.6) is 0 Å². The summed E-state index contributed by atoms with van der Waals surface area (Å²) < 4.78 is 5.41. The molecule has 104 valence electrons. The second-order valence-electron chi connectivity index (χ2n) is 6.58. The highest BCUT2D eigenvalue weighted by Crippen LogP contribution is 2.34. The van der Waals surface area contributed by atoms with Gasteiger partial charge < -0.3 is 9.53 Å². The Morgan fingerprint density at radius 2 is 1.94 bits per heavy atom. The lowest BCUT2D eigenvalue weighted by Crippen LogP contribution is -2.51. The van der Waals surface area contributed by atoms with E-state index in [4.69, 9.17) is 4.74 Å². The van der Waals surface area contributed by atoms with Gasteiger partial charge in [-0.15, -0.1) is 0 Å². The van der Waals surface area contributed by atoms with E-state index in [1.54, 1.807) is 0 Å². The van der Waals surface area contributed by atoms with Crippen molar-refractivity contribution in [2.75, 3.05) is 26.3 Å². The molecule has 3 nitrogen and oxygen atoms in total. The SMILES string of the molecule is CC1CC(C)C(C)N(CC2(C=O)CCOCC2)C1. The van der Waals surface area contributed by atoms with Gasteiger partial charge in [0.1, 0.15) is 6.29 Å². The van der Waals surface area contributed by atoms with Crippen LogP contribution >= 0.6 is 0 Å². The molecule has 0 radical (unpaired) electrons. The minimum Gasteiger partial charge on any atom is -0.381 e. The van der Waals surface area contributed by atoms with Crippen LogP contribution in [0.2, 0.25) is 0 Å². The van der Waals surface area contributed by atoms with Gasteiger partial charge in [0.05, 0.1) is 0 Å². The normalized spacial score (nSPS) is 37.4. The summed E-state index contributed by atoms with van der Waals surface area (Å²) in [7, 11) is 0. The van der Waals surface area contributed by atoms with Crippen molar-refractivity contribution >= 4 is 6.29 Å². The molecular weight excluding hydrogens is 226 g/mol. The Bertz CT molecular complexity index is 286. The van der Waals surface area contributed by atoms with Gasteiger partial charge in [-0.25, -0.2) is 0 Å². The van der Waals surface area contributed by atoms with E-state index in [-0.39, 0.29) is 5.41 Å². The highest BCUT2D eigenvalue weighted by molar-refractivity contribution is 5.60. The van der Waals surface area contributed by atoms with Crippen LogP contribution < -0.4 is 0 Å². The summed E-state index contributed by atoms with van der Waals surface area (Å²) in [6.45, 7) is 10.5. The van der Waals surface area contributed by atoms with Crippen molar-refractivity contribution in [3.63, 3.8) is 0 Å². The molecule has 0 saturated carbocycles. The number of carbonyl (C=O) groups is 1. The summed E-state index contributed by atoms with van der Waals surface area (Å²) in [5, 5.41) is 0. The first kappa shape index (κ1) is 14.0. The molecule has 2 fully saturated rings. The molecule has 2 aliphatic rings. The molecule has 0 aliphatic carbocycles. The molecule has 0 N–H and O–H groups in total. The molecule has 3 atom stereocenters. The number of aldehydes is 1. The first-order valence-corrected chi connectivity index (χ1v) is 7.34.